The second-order valence-electron chi connectivity index (χ2n) is 7.46. The fourth-order valence-electron chi connectivity index (χ4n) is 4.23. The van der Waals surface area contributed by atoms with Crippen molar-refractivity contribution in [3.63, 3.8) is 0 Å². The van der Waals surface area contributed by atoms with E-state index in [2.05, 4.69) is 0 Å². The number of aromatic hydroxyl groups is 1. The molecule has 0 bridgehead atoms. The van der Waals surface area contributed by atoms with Crippen LogP contribution in [0.3, 0.4) is 0 Å². The monoisotopic (exact) mass is 416 g/mol. The molecular weight excluding hydrogens is 396 g/mol. The summed E-state index contributed by atoms with van der Waals surface area (Å²) in [6.07, 6.45) is -0.947. The fourth-order valence-corrected chi connectivity index (χ4v) is 4.23. The molecule has 2 aliphatic heterocycles. The van der Waals surface area contributed by atoms with E-state index in [-0.39, 0.29) is 11.7 Å². The molecule has 0 radical (unpaired) electrons. The van der Waals surface area contributed by atoms with Crippen molar-refractivity contribution in [2.45, 2.75) is 12.1 Å². The average Bonchev–Trinajstić information content (AvgIpc) is 3.31. The zero-order valence-electron chi connectivity index (χ0n) is 16.7. The number of para-hydroxylation sites is 1. The third-order valence-electron chi connectivity index (χ3n) is 5.67. The van der Waals surface area contributed by atoms with E-state index in [0.29, 0.717) is 11.4 Å². The Morgan fingerprint density at radius 2 is 1.58 bits per heavy atom. The highest BCUT2D eigenvalue weighted by molar-refractivity contribution is 6.24. The molecular formula is C24H20N2O5. The Kier molecular flexibility index (Phi) is 4.60. The quantitative estimate of drug-likeness (QED) is 0.657. The van der Waals surface area contributed by atoms with Crippen LogP contribution >= 0.6 is 0 Å². The highest BCUT2D eigenvalue weighted by Crippen LogP contribution is 2.47. The summed E-state index contributed by atoms with van der Waals surface area (Å²) in [5.74, 6) is -0.803. The predicted octanol–water partition coefficient (Wildman–Crippen LogP) is 3.45. The second kappa shape index (κ2) is 7.45. The van der Waals surface area contributed by atoms with Gasteiger partial charge < -0.3 is 9.84 Å². The smallest absolute Gasteiger partial charge is 0.266 e. The number of rotatable bonds is 4. The number of hydroxylamine groups is 1. The van der Waals surface area contributed by atoms with Gasteiger partial charge in [-0.05, 0) is 42.0 Å². The molecule has 0 saturated carbocycles. The maximum atomic E-state index is 13.5. The Balaban J connectivity index is 1.57. The minimum Gasteiger partial charge on any atom is -0.508 e. The van der Waals surface area contributed by atoms with Gasteiger partial charge in [0.15, 0.2) is 6.10 Å². The molecule has 0 aliphatic carbocycles. The number of hydrogen-bond acceptors (Lipinski definition) is 6. The molecule has 31 heavy (non-hydrogen) atoms. The van der Waals surface area contributed by atoms with Gasteiger partial charge in [-0.2, -0.15) is 0 Å². The predicted molar refractivity (Wildman–Crippen MR) is 114 cm³/mol. The lowest BCUT2D eigenvalue weighted by atomic mass is 9.90. The van der Waals surface area contributed by atoms with Crippen LogP contribution in [0.1, 0.15) is 11.6 Å². The van der Waals surface area contributed by atoms with Gasteiger partial charge in [-0.3, -0.25) is 14.4 Å². The molecule has 7 heteroatoms. The molecule has 156 valence electrons. The first-order chi connectivity index (χ1) is 15.1. The number of nitrogens with zero attached hydrogens (tertiary/aromatic N) is 2. The number of amides is 2. The van der Waals surface area contributed by atoms with Crippen molar-refractivity contribution in [1.82, 2.24) is 0 Å². The van der Waals surface area contributed by atoms with E-state index in [9.17, 15) is 14.7 Å². The van der Waals surface area contributed by atoms with E-state index < -0.39 is 24.0 Å². The third kappa shape index (κ3) is 3.10. The first-order valence-corrected chi connectivity index (χ1v) is 9.90. The molecule has 3 atom stereocenters. The largest absolute Gasteiger partial charge is 0.508 e. The number of carbonyl (C=O) groups excluding carboxylic acids is 2. The Morgan fingerprint density at radius 1 is 0.871 bits per heavy atom. The van der Waals surface area contributed by atoms with Crippen LogP contribution in [-0.4, -0.2) is 30.1 Å². The highest BCUT2D eigenvalue weighted by atomic mass is 16.7. The average molecular weight is 416 g/mol. The molecule has 1 N–H and O–H groups in total. The molecule has 3 aromatic carbocycles. The number of phenolic OH excluding ortho intramolecular Hbond substituents is 1. The van der Waals surface area contributed by atoms with Gasteiger partial charge in [0.2, 0.25) is 5.91 Å². The van der Waals surface area contributed by atoms with Gasteiger partial charge in [0, 0.05) is 6.07 Å². The summed E-state index contributed by atoms with van der Waals surface area (Å²) in [4.78, 5) is 34.1. The third-order valence-corrected chi connectivity index (χ3v) is 5.67. The van der Waals surface area contributed by atoms with Gasteiger partial charge in [0.05, 0.1) is 24.5 Å². The molecule has 2 fully saturated rings. The number of benzene rings is 3. The minimum absolute atomic E-state index is 0.123. The number of methoxy groups -OCH3 is 1. The number of imide groups is 1. The van der Waals surface area contributed by atoms with Crippen LogP contribution in [0, 0.1) is 5.92 Å². The van der Waals surface area contributed by atoms with E-state index in [1.807, 2.05) is 30.3 Å². The van der Waals surface area contributed by atoms with Crippen molar-refractivity contribution >= 4 is 23.2 Å². The minimum atomic E-state index is -0.947. The molecule has 0 aromatic heterocycles. The molecule has 2 aliphatic rings. The van der Waals surface area contributed by atoms with Crippen molar-refractivity contribution in [2.75, 3.05) is 17.1 Å². The topological polar surface area (TPSA) is 79.3 Å². The summed E-state index contributed by atoms with van der Waals surface area (Å²) in [6.45, 7) is 0. The number of fused-ring (bicyclic) bond motifs is 1. The number of anilines is 2. The van der Waals surface area contributed by atoms with Crippen LogP contribution < -0.4 is 14.7 Å². The normalized spacial score (nSPS) is 22.7. The SMILES string of the molecule is COc1cccc(N2C(=O)[C@H]3[C@H](ON(c4ccccc4)[C@H]3c3ccc(O)cc3)C2=O)c1. The van der Waals surface area contributed by atoms with Crippen molar-refractivity contribution in [2.24, 2.45) is 5.92 Å². The van der Waals surface area contributed by atoms with Gasteiger partial charge in [0.25, 0.3) is 5.91 Å². The van der Waals surface area contributed by atoms with Crippen molar-refractivity contribution in [1.29, 1.82) is 0 Å². The highest BCUT2D eigenvalue weighted by Gasteiger charge is 2.60. The second-order valence-corrected chi connectivity index (χ2v) is 7.46. The Labute approximate surface area is 179 Å². The molecule has 2 amide bonds. The first kappa shape index (κ1) is 19.1. The van der Waals surface area contributed by atoms with Crippen molar-refractivity contribution in [3.8, 4) is 11.5 Å². The Bertz CT molecular complexity index is 1130. The maximum Gasteiger partial charge on any atom is 0.266 e. The molecule has 0 spiro atoms. The summed E-state index contributed by atoms with van der Waals surface area (Å²) >= 11 is 0. The summed E-state index contributed by atoms with van der Waals surface area (Å²) in [5, 5.41) is 11.3. The van der Waals surface area contributed by atoms with Gasteiger partial charge in [-0.1, -0.05) is 36.4 Å². The zero-order chi connectivity index (χ0) is 21.5. The van der Waals surface area contributed by atoms with Crippen LogP contribution in [0.4, 0.5) is 11.4 Å². The fraction of sp³-hybridized carbons (Fsp3) is 0.167. The number of phenols is 1. The van der Waals surface area contributed by atoms with E-state index in [4.69, 9.17) is 9.57 Å². The number of carbonyl (C=O) groups is 2. The molecule has 3 aromatic rings. The standard InChI is InChI=1S/C24H20N2O5/c1-30-19-9-5-8-17(14-19)25-23(28)20-21(15-10-12-18(27)13-11-15)26(31-22(20)24(25)29)16-6-3-2-4-7-16/h2-14,20-22,27H,1H3/t20-,21+,22+/m1/s1. The molecule has 7 nitrogen and oxygen atoms in total. The first-order valence-electron chi connectivity index (χ1n) is 9.90. The van der Waals surface area contributed by atoms with Crippen LogP contribution in [0.2, 0.25) is 0 Å². The lowest BCUT2D eigenvalue weighted by molar-refractivity contribution is -0.126. The maximum absolute atomic E-state index is 13.5. The summed E-state index contributed by atoms with van der Waals surface area (Å²) in [5.41, 5.74) is 1.95. The van der Waals surface area contributed by atoms with Crippen LogP contribution in [0.5, 0.6) is 11.5 Å². The van der Waals surface area contributed by atoms with Crippen LogP contribution in [-0.2, 0) is 14.4 Å². The molecule has 2 saturated heterocycles. The molecule has 2 heterocycles. The van der Waals surface area contributed by atoms with E-state index in [1.165, 1.54) is 12.0 Å². The van der Waals surface area contributed by atoms with Crippen molar-refractivity contribution < 1.29 is 24.3 Å². The summed E-state index contributed by atoms with van der Waals surface area (Å²) in [6, 6.07) is 22.3. The van der Waals surface area contributed by atoms with Gasteiger partial charge in [-0.25, -0.2) is 9.96 Å². The van der Waals surface area contributed by atoms with E-state index >= 15 is 0 Å². The Morgan fingerprint density at radius 3 is 2.29 bits per heavy atom. The molecule has 5 rings (SSSR count). The van der Waals surface area contributed by atoms with Gasteiger partial charge in [0.1, 0.15) is 17.4 Å². The van der Waals surface area contributed by atoms with Crippen molar-refractivity contribution in [3.05, 3.63) is 84.4 Å². The number of ether oxygens (including phenoxy) is 1. The summed E-state index contributed by atoms with van der Waals surface area (Å²) in [7, 11) is 1.53. The molecule has 0 unspecified atom stereocenters. The van der Waals surface area contributed by atoms with E-state index in [0.717, 1.165) is 11.3 Å². The number of hydrogen-bond donors (Lipinski definition) is 1. The van der Waals surface area contributed by atoms with Gasteiger partial charge >= 0.3 is 0 Å². The van der Waals surface area contributed by atoms with Gasteiger partial charge in [-0.15, -0.1) is 0 Å². The van der Waals surface area contributed by atoms with Crippen LogP contribution in [0.15, 0.2) is 78.9 Å². The zero-order valence-corrected chi connectivity index (χ0v) is 16.7. The lowest BCUT2D eigenvalue weighted by Gasteiger charge is -2.28. The summed E-state index contributed by atoms with van der Waals surface area (Å²) < 4.78 is 5.24. The lowest BCUT2D eigenvalue weighted by Crippen LogP contribution is -2.37. The Hall–Kier alpha value is -3.84. The van der Waals surface area contributed by atoms with Crippen LogP contribution in [0.25, 0.3) is 0 Å². The van der Waals surface area contributed by atoms with E-state index in [1.54, 1.807) is 53.6 Å².